The van der Waals surface area contributed by atoms with Gasteiger partial charge in [-0.3, -0.25) is 9.69 Å². The van der Waals surface area contributed by atoms with Crippen molar-refractivity contribution < 1.29 is 30.8 Å². The van der Waals surface area contributed by atoms with E-state index < -0.39 is 34.5 Å². The normalized spacial score (nSPS) is 16.9. The Bertz CT molecular complexity index is 790. The van der Waals surface area contributed by atoms with E-state index in [1.54, 1.807) is 18.7 Å². The summed E-state index contributed by atoms with van der Waals surface area (Å²) >= 11 is 0. The number of nitrogens with zero attached hydrogens (tertiary/aromatic N) is 3. The summed E-state index contributed by atoms with van der Waals surface area (Å²) in [6.07, 6.45) is -4.48. The molecule has 0 atom stereocenters. The van der Waals surface area contributed by atoms with Gasteiger partial charge in [-0.05, 0) is 30.2 Å². The van der Waals surface area contributed by atoms with Crippen LogP contribution in [0.2, 0.25) is 0 Å². The maximum absolute atomic E-state index is 13.0. The van der Waals surface area contributed by atoms with Crippen LogP contribution in [0, 0.1) is 11.7 Å². The third-order valence-corrected chi connectivity index (χ3v) is 6.36. The van der Waals surface area contributed by atoms with Crippen molar-refractivity contribution in [2.75, 3.05) is 45.8 Å². The Morgan fingerprint density at radius 3 is 2.14 bits per heavy atom. The maximum atomic E-state index is 13.0. The second kappa shape index (κ2) is 9.40. The van der Waals surface area contributed by atoms with Crippen LogP contribution in [0.5, 0.6) is 0 Å². The average Bonchev–Trinajstić information content (AvgIpc) is 2.60. The predicted octanol–water partition coefficient (Wildman–Crippen LogP) is 2.18. The predicted molar refractivity (Wildman–Crippen MR) is 99.1 cm³/mol. The Morgan fingerprint density at radius 2 is 1.66 bits per heavy atom. The molecule has 11 heteroatoms. The Balaban J connectivity index is 1.95. The van der Waals surface area contributed by atoms with Crippen LogP contribution in [-0.4, -0.2) is 80.4 Å². The zero-order chi connectivity index (χ0) is 21.8. The van der Waals surface area contributed by atoms with E-state index in [-0.39, 0.29) is 50.1 Å². The Labute approximate surface area is 168 Å². The lowest BCUT2D eigenvalue weighted by Crippen LogP contribution is -2.52. The van der Waals surface area contributed by atoms with Gasteiger partial charge in [0, 0.05) is 32.7 Å². The first-order chi connectivity index (χ1) is 13.4. The van der Waals surface area contributed by atoms with Crippen molar-refractivity contribution in [2.24, 2.45) is 5.92 Å². The minimum Gasteiger partial charge on any atom is -0.332 e. The van der Waals surface area contributed by atoms with Crippen molar-refractivity contribution in [2.45, 2.75) is 24.9 Å². The van der Waals surface area contributed by atoms with Crippen LogP contribution in [0.4, 0.5) is 17.6 Å². The molecule has 0 aromatic heterocycles. The lowest BCUT2D eigenvalue weighted by molar-refractivity contribution is -0.162. The molecular formula is C18H25F4N3O3S. The lowest BCUT2D eigenvalue weighted by Gasteiger charge is -2.35. The molecule has 2 rings (SSSR count). The molecule has 1 aliphatic rings. The van der Waals surface area contributed by atoms with Crippen LogP contribution in [0.1, 0.15) is 13.8 Å². The van der Waals surface area contributed by atoms with E-state index in [2.05, 4.69) is 0 Å². The maximum Gasteiger partial charge on any atom is 0.406 e. The van der Waals surface area contributed by atoms with Gasteiger partial charge in [-0.15, -0.1) is 0 Å². The molecule has 6 nitrogen and oxygen atoms in total. The van der Waals surface area contributed by atoms with Crippen LogP contribution in [0.25, 0.3) is 0 Å². The van der Waals surface area contributed by atoms with E-state index in [0.717, 1.165) is 17.0 Å². The third kappa shape index (κ3) is 6.93. The quantitative estimate of drug-likeness (QED) is 0.611. The van der Waals surface area contributed by atoms with Crippen LogP contribution in [-0.2, 0) is 14.8 Å². The van der Waals surface area contributed by atoms with Gasteiger partial charge >= 0.3 is 6.18 Å². The first-order valence-corrected chi connectivity index (χ1v) is 10.6. The van der Waals surface area contributed by atoms with Crippen molar-refractivity contribution in [1.29, 1.82) is 0 Å². The van der Waals surface area contributed by atoms with Crippen molar-refractivity contribution in [3.8, 4) is 0 Å². The van der Waals surface area contributed by atoms with E-state index in [1.165, 1.54) is 16.4 Å². The van der Waals surface area contributed by atoms with E-state index >= 15 is 0 Å². The number of alkyl halides is 3. The van der Waals surface area contributed by atoms with Crippen molar-refractivity contribution in [1.82, 2.24) is 14.1 Å². The van der Waals surface area contributed by atoms with Gasteiger partial charge in [0.15, 0.2) is 0 Å². The van der Waals surface area contributed by atoms with Gasteiger partial charge in [-0.1, -0.05) is 13.8 Å². The number of carbonyl (C=O) groups is 1. The molecular weight excluding hydrogens is 414 g/mol. The average molecular weight is 439 g/mol. The molecule has 1 fully saturated rings. The standard InChI is InChI=1S/C18H25F4N3O3S/c1-14(2)11-24(13-18(20,21)22)17(26)12-23-7-9-25(10-8-23)29(27,28)16-5-3-15(19)4-6-16/h3-6,14H,7-13H2,1-2H3. The second-order valence-corrected chi connectivity index (χ2v) is 9.36. The Hall–Kier alpha value is -1.72. The summed E-state index contributed by atoms with van der Waals surface area (Å²) < 4.78 is 77.7. The number of sulfonamides is 1. The molecule has 1 heterocycles. The second-order valence-electron chi connectivity index (χ2n) is 7.42. The molecule has 0 radical (unpaired) electrons. The fourth-order valence-electron chi connectivity index (χ4n) is 3.09. The number of amides is 1. The minimum atomic E-state index is -4.48. The summed E-state index contributed by atoms with van der Waals surface area (Å²) in [7, 11) is -3.79. The van der Waals surface area contributed by atoms with Gasteiger partial charge in [-0.25, -0.2) is 12.8 Å². The van der Waals surface area contributed by atoms with Crippen molar-refractivity contribution in [3.05, 3.63) is 30.1 Å². The number of halogens is 4. The van der Waals surface area contributed by atoms with Crippen molar-refractivity contribution >= 4 is 15.9 Å². The van der Waals surface area contributed by atoms with Gasteiger partial charge in [0.2, 0.25) is 15.9 Å². The Morgan fingerprint density at radius 1 is 1.10 bits per heavy atom. The van der Waals surface area contributed by atoms with Crippen LogP contribution < -0.4 is 0 Å². The summed E-state index contributed by atoms with van der Waals surface area (Å²) in [5.41, 5.74) is 0. The zero-order valence-corrected chi connectivity index (χ0v) is 17.1. The number of rotatable bonds is 7. The molecule has 1 amide bonds. The molecule has 164 valence electrons. The molecule has 0 spiro atoms. The van der Waals surface area contributed by atoms with Gasteiger partial charge < -0.3 is 4.90 Å². The number of carbonyl (C=O) groups excluding carboxylic acids is 1. The Kier molecular flexibility index (Phi) is 7.63. The van der Waals surface area contributed by atoms with Crippen LogP contribution in [0.15, 0.2) is 29.2 Å². The highest BCUT2D eigenvalue weighted by Gasteiger charge is 2.34. The van der Waals surface area contributed by atoms with E-state index in [0.29, 0.717) is 0 Å². The van der Waals surface area contributed by atoms with E-state index in [9.17, 15) is 30.8 Å². The number of piperazine rings is 1. The summed E-state index contributed by atoms with van der Waals surface area (Å²) in [6.45, 7) is 2.58. The summed E-state index contributed by atoms with van der Waals surface area (Å²) in [4.78, 5) is 14.8. The number of hydrogen-bond donors (Lipinski definition) is 0. The molecule has 0 saturated carbocycles. The molecule has 0 bridgehead atoms. The smallest absolute Gasteiger partial charge is 0.332 e. The highest BCUT2D eigenvalue weighted by atomic mass is 32.2. The van der Waals surface area contributed by atoms with Crippen LogP contribution in [0.3, 0.4) is 0 Å². The molecule has 0 unspecified atom stereocenters. The summed E-state index contributed by atoms with van der Waals surface area (Å²) in [5.74, 6) is -1.29. The molecule has 1 saturated heterocycles. The molecule has 29 heavy (non-hydrogen) atoms. The largest absolute Gasteiger partial charge is 0.406 e. The fourth-order valence-corrected chi connectivity index (χ4v) is 4.51. The zero-order valence-electron chi connectivity index (χ0n) is 16.3. The molecule has 1 aliphatic heterocycles. The fraction of sp³-hybridized carbons (Fsp3) is 0.611. The first kappa shape index (κ1) is 23.6. The van der Waals surface area contributed by atoms with E-state index in [1.807, 2.05) is 0 Å². The van der Waals surface area contributed by atoms with Gasteiger partial charge in [0.05, 0.1) is 11.4 Å². The minimum absolute atomic E-state index is 0.00272. The lowest BCUT2D eigenvalue weighted by atomic mass is 10.2. The molecule has 1 aromatic rings. The summed E-state index contributed by atoms with van der Waals surface area (Å²) in [6, 6.07) is 4.49. The number of benzene rings is 1. The highest BCUT2D eigenvalue weighted by Crippen LogP contribution is 2.20. The van der Waals surface area contributed by atoms with Crippen LogP contribution >= 0.6 is 0 Å². The first-order valence-electron chi connectivity index (χ1n) is 9.21. The SMILES string of the molecule is CC(C)CN(CC(F)(F)F)C(=O)CN1CCN(S(=O)(=O)c2ccc(F)cc2)CC1. The topological polar surface area (TPSA) is 60.9 Å². The van der Waals surface area contributed by atoms with E-state index in [4.69, 9.17) is 0 Å². The molecule has 0 aliphatic carbocycles. The van der Waals surface area contributed by atoms with Gasteiger partial charge in [-0.2, -0.15) is 17.5 Å². The van der Waals surface area contributed by atoms with Gasteiger partial charge in [0.25, 0.3) is 0 Å². The molecule has 0 N–H and O–H groups in total. The van der Waals surface area contributed by atoms with Crippen molar-refractivity contribution in [3.63, 3.8) is 0 Å². The molecule has 1 aromatic carbocycles. The monoisotopic (exact) mass is 439 g/mol. The van der Waals surface area contributed by atoms with Gasteiger partial charge in [0.1, 0.15) is 12.4 Å². The summed E-state index contributed by atoms with van der Waals surface area (Å²) in [5, 5.41) is 0. The number of hydrogen-bond acceptors (Lipinski definition) is 4. The third-order valence-electron chi connectivity index (χ3n) is 4.45. The highest BCUT2D eigenvalue weighted by molar-refractivity contribution is 7.89.